The van der Waals surface area contributed by atoms with Gasteiger partial charge in [-0.25, -0.2) is 4.98 Å². The molecule has 0 aromatic carbocycles. The fourth-order valence-electron chi connectivity index (χ4n) is 4.67. The molecule has 0 saturated heterocycles. The van der Waals surface area contributed by atoms with Crippen LogP contribution in [-0.4, -0.2) is 50.7 Å². The van der Waals surface area contributed by atoms with Crippen molar-refractivity contribution in [1.29, 1.82) is 0 Å². The molecular weight excluding hydrogens is 524 g/mol. The minimum atomic E-state index is -0.747. The lowest BCUT2D eigenvalue weighted by atomic mass is 10.0. The van der Waals surface area contributed by atoms with Gasteiger partial charge in [0.05, 0.1) is 19.5 Å². The third-order valence-electron chi connectivity index (χ3n) is 7.36. The summed E-state index contributed by atoms with van der Waals surface area (Å²) >= 11 is 0. The number of unbranched alkanes of at least 4 members (excludes halogenated alkanes) is 12. The number of nitrogens with one attached hydrogen (secondary N) is 1. The number of imidazole rings is 1. The highest BCUT2D eigenvalue weighted by Gasteiger charge is 2.22. The number of hydrogen-bond donors (Lipinski definition) is 3. The second-order valence-electron chi connectivity index (χ2n) is 11.5. The molecule has 0 aliphatic heterocycles. The molecule has 232 valence electrons. The van der Waals surface area contributed by atoms with E-state index < -0.39 is 23.5 Å². The Bertz CT molecular complexity index is 1100. The SMILES string of the molecule is CCCCCCCCCCCCCCCC(=O)OCC(COC(=O)[C@@H](N)C(C)C)Cn1cnc2c(=O)[nH]c(N)nc21. The zero-order valence-electron chi connectivity index (χ0n) is 25.4. The molecule has 0 saturated carbocycles. The van der Waals surface area contributed by atoms with Crippen LogP contribution < -0.4 is 17.0 Å². The molecular formula is C30H52N6O5. The molecule has 0 aliphatic carbocycles. The summed E-state index contributed by atoms with van der Waals surface area (Å²) in [4.78, 5) is 47.6. The molecule has 0 spiro atoms. The number of nitrogens with two attached hydrogens (primary N) is 2. The molecule has 2 heterocycles. The van der Waals surface area contributed by atoms with Crippen LogP contribution in [-0.2, 0) is 25.6 Å². The number of aromatic nitrogens is 4. The maximum atomic E-state index is 12.4. The van der Waals surface area contributed by atoms with Crippen molar-refractivity contribution in [1.82, 2.24) is 19.5 Å². The lowest BCUT2D eigenvalue weighted by molar-refractivity contribution is -0.150. The molecule has 41 heavy (non-hydrogen) atoms. The van der Waals surface area contributed by atoms with Gasteiger partial charge < -0.3 is 25.5 Å². The van der Waals surface area contributed by atoms with Crippen molar-refractivity contribution in [3.05, 3.63) is 16.7 Å². The minimum absolute atomic E-state index is 0.0103. The van der Waals surface area contributed by atoms with E-state index in [-0.39, 0.29) is 43.1 Å². The average molecular weight is 577 g/mol. The maximum Gasteiger partial charge on any atom is 0.323 e. The van der Waals surface area contributed by atoms with Gasteiger partial charge in [0.1, 0.15) is 6.04 Å². The van der Waals surface area contributed by atoms with Gasteiger partial charge in [-0.2, -0.15) is 4.98 Å². The van der Waals surface area contributed by atoms with Gasteiger partial charge in [0.2, 0.25) is 5.95 Å². The molecule has 0 radical (unpaired) electrons. The van der Waals surface area contributed by atoms with Gasteiger partial charge in [0, 0.05) is 18.9 Å². The third-order valence-corrected chi connectivity index (χ3v) is 7.36. The van der Waals surface area contributed by atoms with E-state index in [0.29, 0.717) is 12.1 Å². The summed E-state index contributed by atoms with van der Waals surface area (Å²) in [6, 6.07) is -0.747. The Morgan fingerprint density at radius 3 is 2.07 bits per heavy atom. The van der Waals surface area contributed by atoms with Crippen LogP contribution >= 0.6 is 0 Å². The van der Waals surface area contributed by atoms with Crippen molar-refractivity contribution in [2.75, 3.05) is 18.9 Å². The number of H-pyrrole nitrogens is 1. The van der Waals surface area contributed by atoms with Gasteiger partial charge in [-0.15, -0.1) is 0 Å². The number of nitrogen functional groups attached to an aromatic ring is 1. The number of carbonyl (C=O) groups excluding carboxylic acids is 2. The Morgan fingerprint density at radius 2 is 1.49 bits per heavy atom. The Labute approximate surface area is 244 Å². The van der Waals surface area contributed by atoms with E-state index in [1.807, 2.05) is 13.8 Å². The number of anilines is 1. The molecule has 1 unspecified atom stereocenters. The predicted molar refractivity (Wildman–Crippen MR) is 161 cm³/mol. The number of esters is 2. The molecule has 0 bridgehead atoms. The van der Waals surface area contributed by atoms with Gasteiger partial charge in [0.25, 0.3) is 5.56 Å². The first-order chi connectivity index (χ1) is 19.7. The lowest BCUT2D eigenvalue weighted by Gasteiger charge is -2.20. The van der Waals surface area contributed by atoms with Crippen LogP contribution in [0.1, 0.15) is 111 Å². The van der Waals surface area contributed by atoms with Gasteiger partial charge in [0.15, 0.2) is 11.2 Å². The van der Waals surface area contributed by atoms with Crippen molar-refractivity contribution >= 4 is 29.1 Å². The molecule has 2 atom stereocenters. The number of hydrogen-bond acceptors (Lipinski definition) is 9. The van der Waals surface area contributed by atoms with Gasteiger partial charge >= 0.3 is 11.9 Å². The smallest absolute Gasteiger partial charge is 0.323 e. The van der Waals surface area contributed by atoms with Crippen LogP contribution in [0.5, 0.6) is 0 Å². The predicted octanol–water partition coefficient (Wildman–Crippen LogP) is 4.87. The molecule has 2 rings (SSSR count). The summed E-state index contributed by atoms with van der Waals surface area (Å²) in [5.41, 5.74) is 11.6. The first-order valence-corrected chi connectivity index (χ1v) is 15.5. The van der Waals surface area contributed by atoms with Crippen molar-refractivity contribution in [2.24, 2.45) is 17.6 Å². The number of nitrogens with zero attached hydrogens (tertiary/aromatic N) is 3. The third kappa shape index (κ3) is 13.1. The van der Waals surface area contributed by atoms with Crippen molar-refractivity contribution in [3.63, 3.8) is 0 Å². The molecule has 0 fully saturated rings. The molecule has 2 aromatic heterocycles. The molecule has 5 N–H and O–H groups in total. The van der Waals surface area contributed by atoms with E-state index in [0.717, 1.165) is 19.3 Å². The molecule has 2 aromatic rings. The first kappa shape index (κ1) is 34.3. The van der Waals surface area contributed by atoms with Gasteiger partial charge in [-0.3, -0.25) is 19.4 Å². The van der Waals surface area contributed by atoms with E-state index in [1.165, 1.54) is 70.5 Å². The van der Waals surface area contributed by atoms with Gasteiger partial charge in [-0.05, 0) is 12.3 Å². The van der Waals surface area contributed by atoms with E-state index in [1.54, 1.807) is 4.57 Å². The van der Waals surface area contributed by atoms with Crippen LogP contribution in [0.25, 0.3) is 11.2 Å². The summed E-state index contributed by atoms with van der Waals surface area (Å²) in [6.07, 6.45) is 17.9. The molecule has 0 aliphatic rings. The van der Waals surface area contributed by atoms with Crippen molar-refractivity contribution in [3.8, 4) is 0 Å². The lowest BCUT2D eigenvalue weighted by Crippen LogP contribution is -2.38. The minimum Gasteiger partial charge on any atom is -0.465 e. The Morgan fingerprint density at radius 1 is 0.927 bits per heavy atom. The second-order valence-corrected chi connectivity index (χ2v) is 11.5. The highest BCUT2D eigenvalue weighted by atomic mass is 16.5. The van der Waals surface area contributed by atoms with Crippen molar-refractivity contribution in [2.45, 2.75) is 123 Å². The van der Waals surface area contributed by atoms with E-state index in [4.69, 9.17) is 20.9 Å². The highest BCUT2D eigenvalue weighted by molar-refractivity contribution is 5.75. The summed E-state index contributed by atoms with van der Waals surface area (Å²) in [7, 11) is 0. The zero-order valence-corrected chi connectivity index (χ0v) is 25.4. The monoisotopic (exact) mass is 576 g/mol. The van der Waals surface area contributed by atoms with E-state index >= 15 is 0 Å². The van der Waals surface area contributed by atoms with Crippen LogP contribution in [0.3, 0.4) is 0 Å². The first-order valence-electron chi connectivity index (χ1n) is 15.5. The Hall–Kier alpha value is -2.95. The number of ether oxygens (including phenoxy) is 2. The second kappa shape index (κ2) is 19.2. The number of rotatable bonds is 22. The summed E-state index contributed by atoms with van der Waals surface area (Å²) in [5, 5.41) is 0. The molecule has 11 nitrogen and oxygen atoms in total. The Balaban J connectivity index is 1.75. The number of fused-ring (bicyclic) bond motifs is 1. The van der Waals surface area contributed by atoms with Crippen LogP contribution in [0.2, 0.25) is 0 Å². The normalized spacial score (nSPS) is 13.0. The Kier molecular flexibility index (Phi) is 16.1. The van der Waals surface area contributed by atoms with E-state index in [2.05, 4.69) is 21.9 Å². The van der Waals surface area contributed by atoms with Crippen LogP contribution in [0.4, 0.5) is 5.95 Å². The van der Waals surface area contributed by atoms with Crippen LogP contribution in [0.15, 0.2) is 11.1 Å². The number of aromatic amines is 1. The molecule has 11 heteroatoms. The van der Waals surface area contributed by atoms with Crippen LogP contribution in [0, 0.1) is 11.8 Å². The summed E-state index contributed by atoms with van der Waals surface area (Å²) in [6.45, 7) is 6.21. The summed E-state index contributed by atoms with van der Waals surface area (Å²) < 4.78 is 12.6. The van der Waals surface area contributed by atoms with Crippen molar-refractivity contribution < 1.29 is 19.1 Å². The van der Waals surface area contributed by atoms with E-state index in [9.17, 15) is 14.4 Å². The highest BCUT2D eigenvalue weighted by Crippen LogP contribution is 2.15. The topological polar surface area (TPSA) is 168 Å². The zero-order chi connectivity index (χ0) is 30.0. The average Bonchev–Trinajstić information content (AvgIpc) is 3.34. The largest absolute Gasteiger partial charge is 0.465 e. The maximum absolute atomic E-state index is 12.4. The quantitative estimate of drug-likeness (QED) is 0.131. The summed E-state index contributed by atoms with van der Waals surface area (Å²) in [5.74, 6) is -1.29. The number of carbonyl (C=O) groups is 2. The van der Waals surface area contributed by atoms with Gasteiger partial charge in [-0.1, -0.05) is 97.8 Å². The fraction of sp³-hybridized carbons (Fsp3) is 0.767. The molecule has 0 amide bonds. The standard InChI is InChI=1S/C30H52N6O5/c1-4-5-6-7-8-9-10-11-12-13-14-15-16-17-24(37)40-19-23(20-41-29(39)25(31)22(2)3)18-36-21-33-26-27(36)34-30(32)35-28(26)38/h21-23,25H,4-20,31H2,1-3H3,(H3,32,34,35,38)/t23?,25-/m0/s1. The fourth-order valence-corrected chi connectivity index (χ4v) is 4.67.